The second-order valence-corrected chi connectivity index (χ2v) is 3.93. The van der Waals surface area contributed by atoms with Gasteiger partial charge >= 0.3 is 0 Å². The van der Waals surface area contributed by atoms with Crippen LogP contribution >= 0.6 is 11.8 Å². The number of rotatable bonds is 0. The average molecular weight is 188 g/mol. The summed E-state index contributed by atoms with van der Waals surface area (Å²) < 4.78 is 0. The fourth-order valence-electron chi connectivity index (χ4n) is 1.55. The third-order valence-electron chi connectivity index (χ3n) is 2.21. The molecule has 0 spiro atoms. The number of benzene rings is 1. The second kappa shape index (κ2) is 2.64. The van der Waals surface area contributed by atoms with Crippen molar-refractivity contribution >= 4 is 22.6 Å². The Kier molecular flexibility index (Phi) is 1.46. The Morgan fingerprint density at radius 3 is 3.23 bits per heavy atom. The van der Waals surface area contributed by atoms with Gasteiger partial charge in [-0.2, -0.15) is 0 Å². The SMILES string of the molecule is C1=CN2Cc3ccccc3N=C2S1. The largest absolute Gasteiger partial charge is 0.322 e. The van der Waals surface area contributed by atoms with E-state index in [0.29, 0.717) is 0 Å². The van der Waals surface area contributed by atoms with Crippen LogP contribution in [0.2, 0.25) is 0 Å². The number of fused-ring (bicyclic) bond motifs is 2. The molecule has 0 N–H and O–H groups in total. The van der Waals surface area contributed by atoms with Crippen molar-refractivity contribution in [2.45, 2.75) is 6.54 Å². The van der Waals surface area contributed by atoms with Gasteiger partial charge in [-0.15, -0.1) is 0 Å². The van der Waals surface area contributed by atoms with E-state index < -0.39 is 0 Å². The maximum atomic E-state index is 4.55. The fraction of sp³-hybridized carbons (Fsp3) is 0.100. The van der Waals surface area contributed by atoms with Crippen LogP contribution in [-0.4, -0.2) is 10.1 Å². The molecule has 2 aliphatic heterocycles. The normalized spacial score (nSPS) is 18.2. The van der Waals surface area contributed by atoms with E-state index >= 15 is 0 Å². The average Bonchev–Trinajstić information content (AvgIpc) is 2.61. The summed E-state index contributed by atoms with van der Waals surface area (Å²) in [6, 6.07) is 8.29. The molecule has 2 nitrogen and oxygen atoms in total. The van der Waals surface area contributed by atoms with E-state index in [0.717, 1.165) is 17.4 Å². The molecule has 13 heavy (non-hydrogen) atoms. The van der Waals surface area contributed by atoms with E-state index in [-0.39, 0.29) is 0 Å². The molecule has 0 radical (unpaired) electrons. The first-order valence-electron chi connectivity index (χ1n) is 4.20. The second-order valence-electron chi connectivity index (χ2n) is 3.05. The lowest BCUT2D eigenvalue weighted by Gasteiger charge is -2.22. The van der Waals surface area contributed by atoms with Crippen molar-refractivity contribution in [1.29, 1.82) is 0 Å². The van der Waals surface area contributed by atoms with Gasteiger partial charge in [0.15, 0.2) is 5.17 Å². The van der Waals surface area contributed by atoms with Crippen LogP contribution in [0.3, 0.4) is 0 Å². The quantitative estimate of drug-likeness (QED) is 0.622. The molecule has 3 rings (SSSR count). The highest BCUT2D eigenvalue weighted by Gasteiger charge is 2.20. The molecule has 2 heterocycles. The topological polar surface area (TPSA) is 15.6 Å². The summed E-state index contributed by atoms with van der Waals surface area (Å²) in [5, 5.41) is 3.17. The van der Waals surface area contributed by atoms with Crippen molar-refractivity contribution in [3.8, 4) is 0 Å². The molecule has 0 amide bonds. The van der Waals surface area contributed by atoms with Gasteiger partial charge in [-0.25, -0.2) is 4.99 Å². The van der Waals surface area contributed by atoms with Gasteiger partial charge < -0.3 is 4.90 Å². The minimum Gasteiger partial charge on any atom is -0.322 e. The van der Waals surface area contributed by atoms with E-state index in [1.165, 1.54) is 5.56 Å². The van der Waals surface area contributed by atoms with Crippen LogP contribution in [0.4, 0.5) is 5.69 Å². The number of nitrogens with zero attached hydrogens (tertiary/aromatic N) is 2. The summed E-state index contributed by atoms with van der Waals surface area (Å²) in [6.45, 7) is 0.957. The minimum absolute atomic E-state index is 0.957. The Morgan fingerprint density at radius 1 is 1.31 bits per heavy atom. The lowest BCUT2D eigenvalue weighted by atomic mass is 10.1. The first kappa shape index (κ1) is 7.21. The molecular weight excluding hydrogens is 180 g/mol. The van der Waals surface area contributed by atoms with Crippen LogP contribution in [0.5, 0.6) is 0 Å². The summed E-state index contributed by atoms with van der Waals surface area (Å²) >= 11 is 1.69. The van der Waals surface area contributed by atoms with Crippen molar-refractivity contribution in [2.24, 2.45) is 4.99 Å². The van der Waals surface area contributed by atoms with Crippen LogP contribution in [-0.2, 0) is 6.54 Å². The smallest absolute Gasteiger partial charge is 0.173 e. The van der Waals surface area contributed by atoms with E-state index in [9.17, 15) is 0 Å². The fourth-order valence-corrected chi connectivity index (χ4v) is 2.29. The minimum atomic E-state index is 0.957. The number of thioether (sulfide) groups is 1. The van der Waals surface area contributed by atoms with Crippen LogP contribution in [0.1, 0.15) is 5.56 Å². The predicted octanol–water partition coefficient (Wildman–Crippen LogP) is 2.71. The zero-order valence-corrected chi connectivity index (χ0v) is 7.79. The van der Waals surface area contributed by atoms with Crippen molar-refractivity contribution in [1.82, 2.24) is 4.90 Å². The molecule has 1 aromatic carbocycles. The standard InChI is InChI=1S/C10H8N2S/c1-2-4-9-8(3-1)7-12-5-6-13-10(12)11-9/h1-6H,7H2. The Morgan fingerprint density at radius 2 is 2.23 bits per heavy atom. The Bertz CT molecular complexity index is 409. The summed E-state index contributed by atoms with van der Waals surface area (Å²) in [7, 11) is 0. The van der Waals surface area contributed by atoms with Crippen LogP contribution in [0.25, 0.3) is 0 Å². The molecular formula is C10H8N2S. The van der Waals surface area contributed by atoms with E-state index in [4.69, 9.17) is 0 Å². The van der Waals surface area contributed by atoms with E-state index in [2.05, 4.69) is 39.7 Å². The van der Waals surface area contributed by atoms with E-state index in [1.54, 1.807) is 11.8 Å². The molecule has 0 unspecified atom stereocenters. The third kappa shape index (κ3) is 1.08. The zero-order valence-electron chi connectivity index (χ0n) is 6.97. The van der Waals surface area contributed by atoms with Gasteiger partial charge in [0.1, 0.15) is 0 Å². The highest BCUT2D eigenvalue weighted by Crippen LogP contribution is 2.32. The lowest BCUT2D eigenvalue weighted by Crippen LogP contribution is -2.21. The lowest BCUT2D eigenvalue weighted by molar-refractivity contribution is 0.560. The summed E-state index contributed by atoms with van der Waals surface area (Å²) in [6.07, 6.45) is 2.08. The summed E-state index contributed by atoms with van der Waals surface area (Å²) in [4.78, 5) is 6.72. The van der Waals surface area contributed by atoms with Gasteiger partial charge in [-0.05, 0) is 17.0 Å². The third-order valence-corrected chi connectivity index (χ3v) is 3.00. The molecule has 1 aromatic rings. The molecule has 64 valence electrons. The number of hydrogen-bond acceptors (Lipinski definition) is 3. The molecule has 2 aliphatic rings. The van der Waals surface area contributed by atoms with Gasteiger partial charge in [0, 0.05) is 6.20 Å². The highest BCUT2D eigenvalue weighted by atomic mass is 32.2. The van der Waals surface area contributed by atoms with Gasteiger partial charge in [0.2, 0.25) is 0 Å². The maximum Gasteiger partial charge on any atom is 0.173 e. The first-order valence-corrected chi connectivity index (χ1v) is 5.08. The summed E-state index contributed by atoms with van der Waals surface area (Å²) in [5.74, 6) is 0. The number of amidine groups is 1. The molecule has 0 aromatic heterocycles. The van der Waals surface area contributed by atoms with Gasteiger partial charge in [0.05, 0.1) is 12.2 Å². The first-order chi connectivity index (χ1) is 6.43. The highest BCUT2D eigenvalue weighted by molar-refractivity contribution is 8.16. The van der Waals surface area contributed by atoms with Gasteiger partial charge in [-0.3, -0.25) is 0 Å². The monoisotopic (exact) mass is 188 g/mol. The van der Waals surface area contributed by atoms with Crippen molar-refractivity contribution < 1.29 is 0 Å². The van der Waals surface area contributed by atoms with E-state index in [1.807, 2.05) is 6.07 Å². The Hall–Kier alpha value is -1.22. The number of para-hydroxylation sites is 1. The van der Waals surface area contributed by atoms with Gasteiger partial charge in [-0.1, -0.05) is 30.0 Å². The number of aliphatic imine (C=N–C) groups is 1. The molecule has 0 saturated carbocycles. The summed E-state index contributed by atoms with van der Waals surface area (Å²) in [5.41, 5.74) is 2.42. The molecule has 0 saturated heterocycles. The van der Waals surface area contributed by atoms with Crippen LogP contribution in [0, 0.1) is 0 Å². The molecule has 3 heteroatoms. The van der Waals surface area contributed by atoms with Gasteiger partial charge in [0.25, 0.3) is 0 Å². The molecule has 0 aliphatic carbocycles. The van der Waals surface area contributed by atoms with Crippen molar-refractivity contribution in [3.63, 3.8) is 0 Å². The van der Waals surface area contributed by atoms with Crippen molar-refractivity contribution in [2.75, 3.05) is 0 Å². The van der Waals surface area contributed by atoms with Crippen molar-refractivity contribution in [3.05, 3.63) is 41.4 Å². The Balaban J connectivity index is 2.13. The maximum absolute atomic E-state index is 4.55. The van der Waals surface area contributed by atoms with Crippen LogP contribution < -0.4 is 0 Å². The molecule has 0 bridgehead atoms. The molecule has 0 atom stereocenters. The number of hydrogen-bond donors (Lipinski definition) is 0. The van der Waals surface area contributed by atoms with Crippen LogP contribution in [0.15, 0.2) is 40.9 Å². The predicted molar refractivity (Wildman–Crippen MR) is 55.8 cm³/mol. The zero-order chi connectivity index (χ0) is 8.67. The molecule has 0 fully saturated rings. The Labute approximate surface area is 81.0 Å².